The van der Waals surface area contributed by atoms with E-state index in [-0.39, 0.29) is 22.6 Å². The Bertz CT molecular complexity index is 1130. The normalized spacial score (nSPS) is 10.6. The van der Waals surface area contributed by atoms with Crippen LogP contribution in [0.2, 0.25) is 0 Å². The van der Waals surface area contributed by atoms with Gasteiger partial charge in [0.05, 0.1) is 28.3 Å². The Hall–Kier alpha value is -4.32. The standard InChI is InChI=1S/C19H11FN4O4/c20-17-8-12(10-21)4-6-16(17)19(25)23-22-11-15-5-7-18(28-15)13-2-1-3-14(9-13)24(26)27/h1-9,11H,(H,23,25). The van der Waals surface area contributed by atoms with E-state index in [9.17, 15) is 19.3 Å². The molecule has 3 aromatic rings. The lowest BCUT2D eigenvalue weighted by molar-refractivity contribution is -0.384. The zero-order valence-corrected chi connectivity index (χ0v) is 14.1. The first-order valence-corrected chi connectivity index (χ1v) is 7.85. The summed E-state index contributed by atoms with van der Waals surface area (Å²) in [7, 11) is 0. The molecule has 0 aliphatic carbocycles. The van der Waals surface area contributed by atoms with E-state index in [4.69, 9.17) is 9.68 Å². The molecule has 28 heavy (non-hydrogen) atoms. The largest absolute Gasteiger partial charge is 0.455 e. The van der Waals surface area contributed by atoms with Crippen LogP contribution in [-0.2, 0) is 0 Å². The number of benzene rings is 2. The second-order valence-corrected chi connectivity index (χ2v) is 5.52. The molecule has 0 saturated carbocycles. The molecule has 0 unspecified atom stereocenters. The quantitative estimate of drug-likeness (QED) is 0.413. The molecule has 3 rings (SSSR count). The van der Waals surface area contributed by atoms with E-state index in [1.807, 2.05) is 0 Å². The predicted molar refractivity (Wildman–Crippen MR) is 97.0 cm³/mol. The Labute approximate surface area is 157 Å². The number of amides is 1. The number of nitrogens with zero attached hydrogens (tertiary/aromatic N) is 3. The zero-order valence-electron chi connectivity index (χ0n) is 14.1. The monoisotopic (exact) mass is 378 g/mol. The smallest absolute Gasteiger partial charge is 0.274 e. The molecule has 1 aromatic heterocycles. The van der Waals surface area contributed by atoms with Crippen LogP contribution in [0, 0.1) is 27.3 Å². The Morgan fingerprint density at radius 2 is 2.07 bits per heavy atom. The Balaban J connectivity index is 1.69. The summed E-state index contributed by atoms with van der Waals surface area (Å²) in [5, 5.41) is 23.2. The number of non-ortho nitro benzene ring substituents is 1. The van der Waals surface area contributed by atoms with Crippen LogP contribution in [0.4, 0.5) is 10.1 Å². The van der Waals surface area contributed by atoms with Gasteiger partial charge in [0.25, 0.3) is 11.6 Å². The number of rotatable bonds is 5. The number of carbonyl (C=O) groups is 1. The number of halogens is 1. The lowest BCUT2D eigenvalue weighted by Crippen LogP contribution is -2.19. The third-order valence-corrected chi connectivity index (χ3v) is 3.67. The van der Waals surface area contributed by atoms with Gasteiger partial charge in [0.2, 0.25) is 0 Å². The first kappa shape index (κ1) is 18.5. The summed E-state index contributed by atoms with van der Waals surface area (Å²) in [5.74, 6) is -0.960. The van der Waals surface area contributed by atoms with E-state index in [0.717, 1.165) is 6.07 Å². The molecule has 1 amide bonds. The molecule has 138 valence electrons. The summed E-state index contributed by atoms with van der Waals surface area (Å²) >= 11 is 0. The number of hydrogen-bond donors (Lipinski definition) is 1. The fourth-order valence-electron chi connectivity index (χ4n) is 2.33. The van der Waals surface area contributed by atoms with Crippen molar-refractivity contribution in [2.24, 2.45) is 5.10 Å². The van der Waals surface area contributed by atoms with Crippen molar-refractivity contribution in [2.45, 2.75) is 0 Å². The van der Waals surface area contributed by atoms with Crippen molar-refractivity contribution in [3.05, 3.63) is 87.4 Å². The van der Waals surface area contributed by atoms with Gasteiger partial charge in [0.1, 0.15) is 17.3 Å². The molecule has 0 spiro atoms. The fourth-order valence-corrected chi connectivity index (χ4v) is 2.33. The van der Waals surface area contributed by atoms with Crippen LogP contribution in [0.25, 0.3) is 11.3 Å². The van der Waals surface area contributed by atoms with E-state index in [0.29, 0.717) is 11.3 Å². The second-order valence-electron chi connectivity index (χ2n) is 5.52. The molecule has 0 saturated heterocycles. The van der Waals surface area contributed by atoms with Gasteiger partial charge >= 0.3 is 0 Å². The SMILES string of the molecule is N#Cc1ccc(C(=O)NN=Cc2ccc(-c3cccc([N+](=O)[O-])c3)o2)c(F)c1. The van der Waals surface area contributed by atoms with E-state index in [1.54, 1.807) is 24.3 Å². The number of furan rings is 1. The molecule has 0 fully saturated rings. The highest BCUT2D eigenvalue weighted by Gasteiger charge is 2.12. The van der Waals surface area contributed by atoms with Crippen LogP contribution in [0.1, 0.15) is 21.7 Å². The summed E-state index contributed by atoms with van der Waals surface area (Å²) in [6.45, 7) is 0. The van der Waals surface area contributed by atoms with Gasteiger partial charge in [-0.2, -0.15) is 10.4 Å². The fraction of sp³-hybridized carbons (Fsp3) is 0. The minimum Gasteiger partial charge on any atom is -0.455 e. The molecule has 9 heteroatoms. The van der Waals surface area contributed by atoms with Gasteiger partial charge in [0, 0.05) is 17.7 Å². The molecule has 0 atom stereocenters. The number of hydrogen-bond acceptors (Lipinski definition) is 6. The summed E-state index contributed by atoms with van der Waals surface area (Å²) in [5.41, 5.74) is 2.44. The number of nitriles is 1. The van der Waals surface area contributed by atoms with E-state index >= 15 is 0 Å². The van der Waals surface area contributed by atoms with Crippen LogP contribution < -0.4 is 5.43 Å². The van der Waals surface area contributed by atoms with Crippen LogP contribution in [0.5, 0.6) is 0 Å². The molecule has 0 aliphatic heterocycles. The number of nitro benzene ring substituents is 1. The summed E-state index contributed by atoms with van der Waals surface area (Å²) in [6.07, 6.45) is 1.21. The van der Waals surface area contributed by atoms with Crippen LogP contribution >= 0.6 is 0 Å². The van der Waals surface area contributed by atoms with Crippen LogP contribution in [-0.4, -0.2) is 17.0 Å². The minimum absolute atomic E-state index is 0.0687. The van der Waals surface area contributed by atoms with E-state index in [2.05, 4.69) is 10.5 Å². The highest BCUT2D eigenvalue weighted by Crippen LogP contribution is 2.25. The van der Waals surface area contributed by atoms with Crippen molar-refractivity contribution in [1.82, 2.24) is 5.43 Å². The van der Waals surface area contributed by atoms with Crippen molar-refractivity contribution in [3.8, 4) is 17.4 Å². The Kier molecular flexibility index (Phi) is 5.23. The van der Waals surface area contributed by atoms with Gasteiger partial charge in [-0.05, 0) is 30.3 Å². The van der Waals surface area contributed by atoms with Gasteiger partial charge in [0.15, 0.2) is 0 Å². The van der Waals surface area contributed by atoms with Crippen LogP contribution in [0.15, 0.2) is 64.1 Å². The van der Waals surface area contributed by atoms with Crippen molar-refractivity contribution < 1.29 is 18.5 Å². The maximum absolute atomic E-state index is 13.8. The minimum atomic E-state index is -0.835. The molecule has 0 bridgehead atoms. The van der Waals surface area contributed by atoms with E-state index < -0.39 is 16.6 Å². The number of hydrazone groups is 1. The number of carbonyl (C=O) groups excluding carboxylic acids is 1. The molecule has 0 radical (unpaired) electrons. The third kappa shape index (κ3) is 4.08. The molecule has 1 N–H and O–H groups in total. The molecule has 0 aliphatic rings. The molecular weight excluding hydrogens is 367 g/mol. The van der Waals surface area contributed by atoms with Crippen LogP contribution in [0.3, 0.4) is 0 Å². The van der Waals surface area contributed by atoms with Crippen molar-refractivity contribution in [2.75, 3.05) is 0 Å². The van der Waals surface area contributed by atoms with Crippen molar-refractivity contribution in [3.63, 3.8) is 0 Å². The lowest BCUT2D eigenvalue weighted by atomic mass is 10.1. The Morgan fingerprint density at radius 3 is 2.79 bits per heavy atom. The topological polar surface area (TPSA) is 122 Å². The summed E-state index contributed by atoms with van der Waals surface area (Å²) < 4.78 is 19.3. The van der Waals surface area contributed by atoms with Gasteiger partial charge in [-0.15, -0.1) is 0 Å². The predicted octanol–water partition coefficient (Wildman–Crippen LogP) is 3.63. The van der Waals surface area contributed by atoms with Gasteiger partial charge < -0.3 is 4.42 Å². The first-order chi connectivity index (χ1) is 13.5. The van der Waals surface area contributed by atoms with Crippen molar-refractivity contribution in [1.29, 1.82) is 5.26 Å². The number of nitro groups is 1. The highest BCUT2D eigenvalue weighted by molar-refractivity contribution is 5.95. The first-order valence-electron chi connectivity index (χ1n) is 7.85. The average molecular weight is 378 g/mol. The third-order valence-electron chi connectivity index (χ3n) is 3.67. The summed E-state index contributed by atoms with van der Waals surface area (Å²) in [4.78, 5) is 22.3. The maximum atomic E-state index is 13.8. The molecular formula is C19H11FN4O4. The van der Waals surface area contributed by atoms with E-state index in [1.165, 1.54) is 36.5 Å². The number of nitrogens with one attached hydrogen (secondary N) is 1. The second kappa shape index (κ2) is 7.92. The van der Waals surface area contributed by atoms with Gasteiger partial charge in [-0.25, -0.2) is 9.82 Å². The lowest BCUT2D eigenvalue weighted by Gasteiger charge is -2.01. The maximum Gasteiger partial charge on any atom is 0.274 e. The molecule has 2 aromatic carbocycles. The summed E-state index contributed by atoms with van der Waals surface area (Å²) in [6, 6.07) is 14.3. The van der Waals surface area contributed by atoms with Gasteiger partial charge in [-0.1, -0.05) is 12.1 Å². The molecule has 8 nitrogen and oxygen atoms in total. The average Bonchev–Trinajstić information content (AvgIpc) is 3.16. The highest BCUT2D eigenvalue weighted by atomic mass is 19.1. The molecule has 1 heterocycles. The van der Waals surface area contributed by atoms with Crippen molar-refractivity contribution >= 4 is 17.8 Å². The Morgan fingerprint density at radius 1 is 1.25 bits per heavy atom. The van der Waals surface area contributed by atoms with Gasteiger partial charge in [-0.3, -0.25) is 14.9 Å². The zero-order chi connectivity index (χ0) is 20.1.